The molecule has 0 aromatic carbocycles. The number of hydrogen-bond donors (Lipinski definition) is 1. The van der Waals surface area contributed by atoms with Crippen LogP contribution in [0.15, 0.2) is 4.52 Å². The maximum atomic E-state index is 5.44. The first-order chi connectivity index (χ1) is 9.20. The van der Waals surface area contributed by atoms with Gasteiger partial charge in [0.15, 0.2) is 5.82 Å². The van der Waals surface area contributed by atoms with E-state index in [2.05, 4.69) is 34.2 Å². The predicted octanol–water partition coefficient (Wildman–Crippen LogP) is 2.16. The van der Waals surface area contributed by atoms with E-state index in [0.717, 1.165) is 31.2 Å². The van der Waals surface area contributed by atoms with E-state index in [9.17, 15) is 0 Å². The molecule has 108 valence electrons. The molecule has 0 aliphatic carbocycles. The second kappa shape index (κ2) is 7.01. The molecule has 0 radical (unpaired) electrons. The fraction of sp³-hybridized carbons (Fsp3) is 0.857. The van der Waals surface area contributed by atoms with Crippen LogP contribution in [0.3, 0.4) is 0 Å². The van der Waals surface area contributed by atoms with E-state index < -0.39 is 0 Å². The normalized spacial score (nSPS) is 21.0. The lowest BCUT2D eigenvalue weighted by Crippen LogP contribution is -2.28. The molecule has 2 unspecified atom stereocenters. The van der Waals surface area contributed by atoms with E-state index in [1.807, 2.05) is 7.05 Å². The highest BCUT2D eigenvalue weighted by Gasteiger charge is 2.22. The second-order valence-electron chi connectivity index (χ2n) is 5.57. The molecule has 0 spiro atoms. The van der Waals surface area contributed by atoms with E-state index in [1.54, 1.807) is 0 Å². The zero-order valence-electron chi connectivity index (χ0n) is 12.4. The zero-order chi connectivity index (χ0) is 13.7. The van der Waals surface area contributed by atoms with E-state index in [-0.39, 0.29) is 6.04 Å². The summed E-state index contributed by atoms with van der Waals surface area (Å²) in [7, 11) is 1.95. The van der Waals surface area contributed by atoms with Gasteiger partial charge in [-0.05, 0) is 46.8 Å². The van der Waals surface area contributed by atoms with Gasteiger partial charge in [0.05, 0.1) is 6.04 Å². The molecule has 2 rings (SSSR count). The van der Waals surface area contributed by atoms with Gasteiger partial charge in [0.1, 0.15) is 0 Å². The van der Waals surface area contributed by atoms with Gasteiger partial charge in [0.2, 0.25) is 5.89 Å². The third kappa shape index (κ3) is 4.01. The number of likely N-dealkylation sites (tertiary alicyclic amines) is 1. The van der Waals surface area contributed by atoms with Gasteiger partial charge in [-0.15, -0.1) is 0 Å². The molecule has 2 atom stereocenters. The minimum atomic E-state index is 0.240. The highest BCUT2D eigenvalue weighted by molar-refractivity contribution is 4.94. The number of hydrogen-bond acceptors (Lipinski definition) is 5. The first kappa shape index (κ1) is 14.5. The van der Waals surface area contributed by atoms with Crippen LogP contribution in [0, 0.1) is 0 Å². The number of rotatable bonds is 5. The van der Waals surface area contributed by atoms with Crippen molar-refractivity contribution in [1.82, 2.24) is 20.4 Å². The van der Waals surface area contributed by atoms with Crippen LogP contribution in [0.1, 0.15) is 57.3 Å². The smallest absolute Gasteiger partial charge is 0.243 e. The van der Waals surface area contributed by atoms with E-state index in [1.165, 1.54) is 25.7 Å². The Kier molecular flexibility index (Phi) is 5.34. The van der Waals surface area contributed by atoms with Crippen molar-refractivity contribution in [3.8, 4) is 0 Å². The molecule has 5 nitrogen and oxygen atoms in total. The second-order valence-corrected chi connectivity index (χ2v) is 5.57. The molecule has 1 aromatic rings. The number of nitrogens with zero attached hydrogens (tertiary/aromatic N) is 3. The Balaban J connectivity index is 1.96. The Bertz CT molecular complexity index is 371. The van der Waals surface area contributed by atoms with Crippen molar-refractivity contribution in [3.63, 3.8) is 0 Å². The van der Waals surface area contributed by atoms with Crippen LogP contribution in [-0.4, -0.2) is 41.2 Å². The zero-order valence-corrected chi connectivity index (χ0v) is 12.4. The Hall–Kier alpha value is -0.940. The minimum Gasteiger partial charge on any atom is -0.338 e. The molecule has 0 bridgehead atoms. The monoisotopic (exact) mass is 266 g/mol. The van der Waals surface area contributed by atoms with Crippen molar-refractivity contribution in [3.05, 3.63) is 11.7 Å². The number of aromatic nitrogens is 2. The summed E-state index contributed by atoms with van der Waals surface area (Å²) < 4.78 is 5.44. The topological polar surface area (TPSA) is 54.2 Å². The van der Waals surface area contributed by atoms with Gasteiger partial charge in [-0.2, -0.15) is 4.98 Å². The summed E-state index contributed by atoms with van der Waals surface area (Å²) in [6.45, 7) is 6.58. The predicted molar refractivity (Wildman–Crippen MR) is 75.0 cm³/mol. The lowest BCUT2D eigenvalue weighted by Gasteiger charge is -2.24. The number of nitrogens with one attached hydrogen (secondary N) is 1. The van der Waals surface area contributed by atoms with Crippen LogP contribution < -0.4 is 5.32 Å². The molecule has 0 amide bonds. The molecule has 1 fully saturated rings. The van der Waals surface area contributed by atoms with Crippen molar-refractivity contribution < 1.29 is 4.52 Å². The molecule has 19 heavy (non-hydrogen) atoms. The van der Waals surface area contributed by atoms with Crippen LogP contribution in [-0.2, 0) is 6.42 Å². The summed E-state index contributed by atoms with van der Waals surface area (Å²) in [5.74, 6) is 1.57. The summed E-state index contributed by atoms with van der Waals surface area (Å²) in [5.41, 5.74) is 0. The Morgan fingerprint density at radius 1 is 1.21 bits per heavy atom. The van der Waals surface area contributed by atoms with Crippen LogP contribution in [0.25, 0.3) is 0 Å². The van der Waals surface area contributed by atoms with Crippen LogP contribution >= 0.6 is 0 Å². The van der Waals surface area contributed by atoms with Gasteiger partial charge in [0.25, 0.3) is 0 Å². The Morgan fingerprint density at radius 3 is 2.53 bits per heavy atom. The molecule has 2 heterocycles. The SMILES string of the molecule is CNC(C)Cc1noc(C(C)N2CCCCCC2)n1. The Labute approximate surface area is 115 Å². The van der Waals surface area contributed by atoms with Crippen molar-refractivity contribution in [2.45, 2.75) is 58.0 Å². The first-order valence-corrected chi connectivity index (χ1v) is 7.44. The van der Waals surface area contributed by atoms with E-state index >= 15 is 0 Å². The molecule has 1 N–H and O–H groups in total. The molecule has 0 saturated carbocycles. The Morgan fingerprint density at radius 2 is 1.89 bits per heavy atom. The minimum absolute atomic E-state index is 0.240. The van der Waals surface area contributed by atoms with Crippen molar-refractivity contribution in [2.24, 2.45) is 0 Å². The summed E-state index contributed by atoms with van der Waals surface area (Å²) in [4.78, 5) is 7.01. The summed E-state index contributed by atoms with van der Waals surface area (Å²) in [6, 6.07) is 0.614. The average Bonchev–Trinajstić information content (AvgIpc) is 2.71. The molecule has 1 saturated heterocycles. The molecule has 1 aliphatic rings. The van der Waals surface area contributed by atoms with Crippen molar-refractivity contribution >= 4 is 0 Å². The van der Waals surface area contributed by atoms with Gasteiger partial charge in [-0.25, -0.2) is 0 Å². The van der Waals surface area contributed by atoms with Gasteiger partial charge in [-0.3, -0.25) is 4.90 Å². The lowest BCUT2D eigenvalue weighted by molar-refractivity contribution is 0.179. The fourth-order valence-electron chi connectivity index (χ4n) is 2.53. The van der Waals surface area contributed by atoms with Crippen LogP contribution in [0.4, 0.5) is 0 Å². The van der Waals surface area contributed by atoms with Gasteiger partial charge < -0.3 is 9.84 Å². The highest BCUT2D eigenvalue weighted by atomic mass is 16.5. The van der Waals surface area contributed by atoms with Gasteiger partial charge in [0, 0.05) is 12.5 Å². The molecule has 5 heteroatoms. The number of likely N-dealkylation sites (N-methyl/N-ethyl adjacent to an activating group) is 1. The quantitative estimate of drug-likeness (QED) is 0.885. The van der Waals surface area contributed by atoms with Crippen molar-refractivity contribution in [1.29, 1.82) is 0 Å². The van der Waals surface area contributed by atoms with Gasteiger partial charge in [-0.1, -0.05) is 18.0 Å². The van der Waals surface area contributed by atoms with Crippen molar-refractivity contribution in [2.75, 3.05) is 20.1 Å². The van der Waals surface area contributed by atoms with Crippen LogP contribution in [0.2, 0.25) is 0 Å². The lowest BCUT2D eigenvalue weighted by atomic mass is 10.2. The van der Waals surface area contributed by atoms with Gasteiger partial charge >= 0.3 is 0 Å². The molecular formula is C14H26N4O. The molecular weight excluding hydrogens is 240 g/mol. The fourth-order valence-corrected chi connectivity index (χ4v) is 2.53. The average molecular weight is 266 g/mol. The largest absolute Gasteiger partial charge is 0.338 e. The van der Waals surface area contributed by atoms with E-state index in [4.69, 9.17) is 4.52 Å². The molecule has 1 aliphatic heterocycles. The van der Waals surface area contributed by atoms with Crippen LogP contribution in [0.5, 0.6) is 0 Å². The van der Waals surface area contributed by atoms with E-state index in [0.29, 0.717) is 6.04 Å². The third-order valence-corrected chi connectivity index (χ3v) is 4.01. The standard InChI is InChI=1S/C14H26N4O/c1-11(15-3)10-13-16-14(19-17-13)12(2)18-8-6-4-5-7-9-18/h11-12,15H,4-10H2,1-3H3. The first-order valence-electron chi connectivity index (χ1n) is 7.44. The highest BCUT2D eigenvalue weighted by Crippen LogP contribution is 2.22. The summed E-state index contributed by atoms with van der Waals surface area (Å²) in [6.07, 6.45) is 6.06. The third-order valence-electron chi connectivity index (χ3n) is 4.01. The maximum absolute atomic E-state index is 5.44. The maximum Gasteiger partial charge on any atom is 0.243 e. The molecule has 1 aromatic heterocycles. The summed E-state index contributed by atoms with van der Waals surface area (Å²) >= 11 is 0. The summed E-state index contributed by atoms with van der Waals surface area (Å²) in [5, 5.41) is 7.28.